The third-order valence-electron chi connectivity index (χ3n) is 10.8. The quantitative estimate of drug-likeness (QED) is 0.0707. The van der Waals surface area contributed by atoms with Gasteiger partial charge in [0.25, 0.3) is 0 Å². The number of nitrogens with one attached hydrogen (secondary N) is 2. The smallest absolute Gasteiger partial charge is 0.119 e. The van der Waals surface area contributed by atoms with Gasteiger partial charge in [0.2, 0.25) is 0 Å². The minimum atomic E-state index is 0.157. The van der Waals surface area contributed by atoms with Gasteiger partial charge < -0.3 is 9.47 Å². The molecular weight excluding hydrogens is 753 g/mol. The summed E-state index contributed by atoms with van der Waals surface area (Å²) in [6, 6.07) is 47.1. The first-order valence-corrected chi connectivity index (χ1v) is 22.7. The monoisotopic (exact) mass is 806 g/mol. The number of benzene rings is 4. The SMILES string of the molecule is C1=C(c2ccc(OCCCCCCCCCCCCOc3ccc(C4=CC(c5cccs5)NN4c4ccccc4)cc3)cc2)N(c2ccccc2)NC1c1cccs1. The lowest BCUT2D eigenvalue weighted by Crippen LogP contribution is -2.32. The zero-order valence-electron chi connectivity index (χ0n) is 33.2. The second kappa shape index (κ2) is 20.5. The van der Waals surface area contributed by atoms with E-state index in [0.717, 1.165) is 60.3 Å². The second-order valence-electron chi connectivity index (χ2n) is 15.0. The average Bonchev–Trinajstić information content (AvgIpc) is 4.12. The maximum atomic E-state index is 6.13. The molecule has 0 saturated heterocycles. The van der Waals surface area contributed by atoms with Crippen LogP contribution in [-0.2, 0) is 0 Å². The van der Waals surface area contributed by atoms with Crippen LogP contribution in [-0.4, -0.2) is 13.2 Å². The van der Waals surface area contributed by atoms with Crippen LogP contribution in [0.4, 0.5) is 11.4 Å². The summed E-state index contributed by atoms with van der Waals surface area (Å²) >= 11 is 3.56. The summed E-state index contributed by atoms with van der Waals surface area (Å²) in [5.41, 5.74) is 14.3. The lowest BCUT2D eigenvalue weighted by molar-refractivity contribution is 0.303. The minimum Gasteiger partial charge on any atom is -0.494 e. The van der Waals surface area contributed by atoms with Crippen molar-refractivity contribution in [3.8, 4) is 11.5 Å². The highest BCUT2D eigenvalue weighted by atomic mass is 32.1. The predicted octanol–water partition coefficient (Wildman–Crippen LogP) is 13.4. The number of hydrogen-bond donors (Lipinski definition) is 2. The highest BCUT2D eigenvalue weighted by Crippen LogP contribution is 2.38. The zero-order chi connectivity index (χ0) is 39.2. The minimum absolute atomic E-state index is 0.157. The van der Waals surface area contributed by atoms with Crippen LogP contribution in [0.25, 0.3) is 11.4 Å². The van der Waals surface area contributed by atoms with Gasteiger partial charge >= 0.3 is 0 Å². The van der Waals surface area contributed by atoms with E-state index in [1.54, 1.807) is 22.7 Å². The summed E-state index contributed by atoms with van der Waals surface area (Å²) in [5.74, 6) is 1.88. The molecule has 4 aromatic carbocycles. The van der Waals surface area contributed by atoms with E-state index in [9.17, 15) is 0 Å². The molecule has 6 aromatic rings. The summed E-state index contributed by atoms with van der Waals surface area (Å²) in [4.78, 5) is 2.62. The third kappa shape index (κ3) is 10.5. The highest BCUT2D eigenvalue weighted by Gasteiger charge is 2.28. The lowest BCUT2D eigenvalue weighted by Gasteiger charge is -2.24. The molecule has 0 saturated carbocycles. The molecule has 8 rings (SSSR count). The van der Waals surface area contributed by atoms with E-state index in [1.807, 2.05) is 0 Å². The topological polar surface area (TPSA) is 49.0 Å². The molecule has 8 heteroatoms. The number of hydrazine groups is 2. The number of hydrogen-bond acceptors (Lipinski definition) is 8. The summed E-state index contributed by atoms with van der Waals surface area (Å²) in [6.07, 6.45) is 17.1. The fraction of sp³-hybridized carbons (Fsp3) is 0.280. The Morgan fingerprint density at radius 3 is 1.16 bits per heavy atom. The summed E-state index contributed by atoms with van der Waals surface area (Å²) in [5, 5.41) is 8.67. The van der Waals surface area contributed by atoms with Crippen LogP contribution in [0.1, 0.15) is 97.2 Å². The van der Waals surface area contributed by atoms with E-state index < -0.39 is 0 Å². The maximum Gasteiger partial charge on any atom is 0.119 e. The van der Waals surface area contributed by atoms with Crippen LogP contribution in [0.3, 0.4) is 0 Å². The first kappa shape index (κ1) is 39.7. The molecule has 2 N–H and O–H groups in total. The zero-order valence-corrected chi connectivity index (χ0v) is 34.8. The van der Waals surface area contributed by atoms with Gasteiger partial charge in [-0.25, -0.2) is 10.9 Å². The van der Waals surface area contributed by atoms with E-state index in [1.165, 1.54) is 72.2 Å². The standard InChI is InChI=1S/C50H54N4O2S2/c1(3-5-7-15-33-55-43-29-25-39(26-30-43)47-37-45(49-23-17-35-57-49)51-53(47)41-19-11-9-12-20-41)2-4-6-8-16-34-56-44-31-27-40(28-32-44)48-38-46(50-24-18-36-58-50)52-54(48)42-21-13-10-14-22-42/h9-14,17-32,35-38,45-46,51-52H,1-8,15-16,33-34H2. The molecule has 0 bridgehead atoms. The number of nitrogens with zero attached hydrogens (tertiary/aromatic N) is 2. The number of rotatable bonds is 21. The molecule has 0 amide bonds. The Hall–Kier alpha value is -5.12. The van der Waals surface area contributed by atoms with E-state index in [0.29, 0.717) is 0 Å². The van der Waals surface area contributed by atoms with Crippen LogP contribution in [0, 0.1) is 0 Å². The van der Waals surface area contributed by atoms with Gasteiger partial charge in [-0.05, 0) is 132 Å². The summed E-state index contributed by atoms with van der Waals surface area (Å²) < 4.78 is 12.3. The molecule has 0 fully saturated rings. The molecule has 2 atom stereocenters. The Bertz CT molecular complexity index is 2000. The van der Waals surface area contributed by atoms with Crippen molar-refractivity contribution in [3.05, 3.63) is 177 Å². The van der Waals surface area contributed by atoms with Gasteiger partial charge in [0, 0.05) is 9.75 Å². The van der Waals surface area contributed by atoms with Gasteiger partial charge in [-0.1, -0.05) is 99.9 Å². The van der Waals surface area contributed by atoms with E-state index in [-0.39, 0.29) is 12.1 Å². The molecule has 58 heavy (non-hydrogen) atoms. The molecule has 2 unspecified atom stereocenters. The molecule has 2 aromatic heterocycles. The van der Waals surface area contributed by atoms with E-state index in [2.05, 4.69) is 177 Å². The Labute approximate surface area is 352 Å². The van der Waals surface area contributed by atoms with Crippen LogP contribution in [0.5, 0.6) is 11.5 Å². The second-order valence-corrected chi connectivity index (χ2v) is 16.9. The predicted molar refractivity (Wildman–Crippen MR) is 244 cm³/mol. The van der Waals surface area contributed by atoms with Gasteiger partial charge in [0.05, 0.1) is 48.1 Å². The molecule has 0 radical (unpaired) electrons. The van der Waals surface area contributed by atoms with Crippen LogP contribution in [0.2, 0.25) is 0 Å². The molecule has 2 aliphatic heterocycles. The maximum absolute atomic E-state index is 6.13. The van der Waals surface area contributed by atoms with Gasteiger partial charge in [-0.15, -0.1) is 22.7 Å². The Balaban J connectivity index is 0.670. The Kier molecular flexibility index (Phi) is 14.1. The average molecular weight is 807 g/mol. The van der Waals surface area contributed by atoms with Crippen LogP contribution < -0.4 is 30.3 Å². The largest absolute Gasteiger partial charge is 0.494 e. The van der Waals surface area contributed by atoms with Crippen molar-refractivity contribution in [1.82, 2.24) is 10.9 Å². The van der Waals surface area contributed by atoms with Gasteiger partial charge in [-0.3, -0.25) is 10.0 Å². The molecule has 0 aliphatic carbocycles. The first-order valence-electron chi connectivity index (χ1n) is 21.0. The van der Waals surface area contributed by atoms with E-state index in [4.69, 9.17) is 9.47 Å². The summed E-state index contributed by atoms with van der Waals surface area (Å²) in [7, 11) is 0. The fourth-order valence-electron chi connectivity index (χ4n) is 7.66. The number of ether oxygens (including phenoxy) is 2. The van der Waals surface area contributed by atoms with E-state index >= 15 is 0 Å². The lowest BCUT2D eigenvalue weighted by atomic mass is 10.1. The molecule has 0 spiro atoms. The van der Waals surface area contributed by atoms with Crippen molar-refractivity contribution >= 4 is 45.4 Å². The number of para-hydroxylation sites is 2. The van der Waals surface area contributed by atoms with Gasteiger partial charge in [-0.2, -0.15) is 0 Å². The van der Waals surface area contributed by atoms with Crippen molar-refractivity contribution in [3.63, 3.8) is 0 Å². The van der Waals surface area contributed by atoms with Crippen LogP contribution >= 0.6 is 22.7 Å². The molecule has 2 aliphatic rings. The Morgan fingerprint density at radius 2 is 0.793 bits per heavy atom. The number of anilines is 2. The van der Waals surface area contributed by atoms with Crippen molar-refractivity contribution in [2.45, 2.75) is 76.3 Å². The van der Waals surface area contributed by atoms with Crippen molar-refractivity contribution in [2.24, 2.45) is 0 Å². The highest BCUT2D eigenvalue weighted by molar-refractivity contribution is 7.10. The van der Waals surface area contributed by atoms with Crippen molar-refractivity contribution < 1.29 is 9.47 Å². The number of thiophene rings is 2. The van der Waals surface area contributed by atoms with Crippen LogP contribution in [0.15, 0.2) is 156 Å². The third-order valence-corrected chi connectivity index (χ3v) is 12.7. The van der Waals surface area contributed by atoms with Gasteiger partial charge in [0.1, 0.15) is 11.5 Å². The summed E-state index contributed by atoms with van der Waals surface area (Å²) in [6.45, 7) is 1.54. The van der Waals surface area contributed by atoms with Gasteiger partial charge in [0.15, 0.2) is 0 Å². The fourth-order valence-corrected chi connectivity index (χ4v) is 9.14. The number of unbranched alkanes of at least 4 members (excludes halogenated alkanes) is 9. The molecule has 4 heterocycles. The van der Waals surface area contributed by atoms with Crippen molar-refractivity contribution in [1.29, 1.82) is 0 Å². The Morgan fingerprint density at radius 1 is 0.414 bits per heavy atom. The normalized spacial score (nSPS) is 16.4. The van der Waals surface area contributed by atoms with Crippen molar-refractivity contribution in [2.75, 3.05) is 23.2 Å². The molecule has 6 nitrogen and oxygen atoms in total. The molecular formula is C50H54N4O2S2. The molecule has 298 valence electrons. The first-order chi connectivity index (χ1) is 28.8.